The number of anilines is 1. The molecule has 2 N–H and O–H groups in total. The van der Waals surface area contributed by atoms with E-state index >= 15 is 0 Å². The van der Waals surface area contributed by atoms with Crippen LogP contribution in [-0.4, -0.2) is 13.5 Å². The second-order valence-electron chi connectivity index (χ2n) is 5.52. The third-order valence-corrected chi connectivity index (χ3v) is 5.55. The van der Waals surface area contributed by atoms with Crippen molar-refractivity contribution in [1.82, 2.24) is 0 Å². The van der Waals surface area contributed by atoms with E-state index < -0.39 is 38.0 Å². The van der Waals surface area contributed by atoms with Crippen LogP contribution in [0.25, 0.3) is 11.1 Å². The lowest BCUT2D eigenvalue weighted by Crippen LogP contribution is -2.14. The summed E-state index contributed by atoms with van der Waals surface area (Å²) in [6, 6.07) is 12.0. The second kappa shape index (κ2) is 7.34. The maximum Gasteiger partial charge on any atom is 0.265 e. The Hall–Kier alpha value is -2.35. The van der Waals surface area contributed by atoms with Gasteiger partial charge >= 0.3 is 0 Å². The van der Waals surface area contributed by atoms with E-state index in [1.807, 2.05) is 4.72 Å². The number of nitrogens with one attached hydrogen (secondary N) is 1. The molecule has 0 aliphatic carbocycles. The minimum Gasteiger partial charge on any atom is -0.505 e. The lowest BCUT2D eigenvalue weighted by Gasteiger charge is -2.13. The Morgan fingerprint density at radius 1 is 0.926 bits per heavy atom. The molecular formula is C18H11Cl2F2NO3S. The Kier molecular flexibility index (Phi) is 5.28. The average molecular weight is 430 g/mol. The number of sulfonamides is 1. The molecule has 3 aromatic carbocycles. The molecule has 0 spiro atoms. The topological polar surface area (TPSA) is 66.4 Å². The predicted octanol–water partition coefficient (Wildman–Crippen LogP) is 5.45. The van der Waals surface area contributed by atoms with Crippen LogP contribution in [0.5, 0.6) is 5.75 Å². The van der Waals surface area contributed by atoms with Gasteiger partial charge in [0.2, 0.25) is 0 Å². The summed E-state index contributed by atoms with van der Waals surface area (Å²) in [6.45, 7) is 0. The molecule has 0 bridgehead atoms. The number of hydrogen-bond acceptors (Lipinski definition) is 3. The minimum absolute atomic E-state index is 0.00282. The fraction of sp³-hybridized carbons (Fsp3) is 0. The zero-order chi connectivity index (χ0) is 19.8. The first-order valence-corrected chi connectivity index (χ1v) is 9.68. The number of aromatic hydroxyl groups is 1. The highest BCUT2D eigenvalue weighted by molar-refractivity contribution is 7.92. The highest BCUT2D eigenvalue weighted by atomic mass is 35.5. The van der Waals surface area contributed by atoms with Crippen LogP contribution in [0.4, 0.5) is 14.5 Å². The van der Waals surface area contributed by atoms with Gasteiger partial charge in [0.05, 0.1) is 10.7 Å². The third-order valence-electron chi connectivity index (χ3n) is 3.67. The van der Waals surface area contributed by atoms with Crippen LogP contribution in [0.1, 0.15) is 0 Å². The number of phenolic OH excluding ortho intramolecular Hbond substituents is 1. The maximum atomic E-state index is 14.2. The summed E-state index contributed by atoms with van der Waals surface area (Å²) in [6.07, 6.45) is 0. The Labute approximate surface area is 164 Å². The Morgan fingerprint density at radius 2 is 1.59 bits per heavy atom. The molecule has 0 aliphatic rings. The molecule has 0 amide bonds. The Balaban J connectivity index is 2.08. The van der Waals surface area contributed by atoms with Crippen LogP contribution in [0.3, 0.4) is 0 Å². The van der Waals surface area contributed by atoms with Gasteiger partial charge in [0, 0.05) is 16.7 Å². The molecule has 0 atom stereocenters. The average Bonchev–Trinajstić information content (AvgIpc) is 2.61. The summed E-state index contributed by atoms with van der Waals surface area (Å²) in [5.74, 6) is -2.71. The molecule has 3 rings (SSSR count). The number of phenols is 1. The molecule has 0 fully saturated rings. The lowest BCUT2D eigenvalue weighted by molar-refractivity contribution is 0.459. The summed E-state index contributed by atoms with van der Waals surface area (Å²) < 4.78 is 55.4. The number of halogens is 4. The predicted molar refractivity (Wildman–Crippen MR) is 101 cm³/mol. The zero-order valence-corrected chi connectivity index (χ0v) is 15.7. The number of benzene rings is 3. The SMILES string of the molecule is O=S(=O)(Nc1cc(-c2ccccc2)c(F)cc1F)c1cc(Cl)cc(Cl)c1O. The molecule has 0 unspecified atom stereocenters. The van der Waals surface area contributed by atoms with Crippen LogP contribution >= 0.6 is 23.2 Å². The van der Waals surface area contributed by atoms with Gasteiger partial charge in [-0.05, 0) is 23.8 Å². The van der Waals surface area contributed by atoms with Gasteiger partial charge in [0.15, 0.2) is 5.75 Å². The first kappa shape index (κ1) is 19.4. The van der Waals surface area contributed by atoms with E-state index in [4.69, 9.17) is 23.2 Å². The monoisotopic (exact) mass is 429 g/mol. The van der Waals surface area contributed by atoms with Crippen LogP contribution in [0, 0.1) is 11.6 Å². The Bertz CT molecular complexity index is 1120. The van der Waals surface area contributed by atoms with Gasteiger partial charge in [-0.3, -0.25) is 4.72 Å². The summed E-state index contributed by atoms with van der Waals surface area (Å²) in [5.41, 5.74) is -0.0575. The summed E-state index contributed by atoms with van der Waals surface area (Å²) in [5, 5.41) is 9.59. The smallest absolute Gasteiger partial charge is 0.265 e. The van der Waals surface area contributed by atoms with Crippen LogP contribution in [0.2, 0.25) is 10.0 Å². The van der Waals surface area contributed by atoms with Crippen LogP contribution in [0.15, 0.2) is 59.5 Å². The van der Waals surface area contributed by atoms with Crippen molar-refractivity contribution in [2.45, 2.75) is 4.90 Å². The molecule has 0 radical (unpaired) electrons. The van der Waals surface area contributed by atoms with Gasteiger partial charge in [-0.1, -0.05) is 53.5 Å². The zero-order valence-electron chi connectivity index (χ0n) is 13.4. The highest BCUT2D eigenvalue weighted by Crippen LogP contribution is 2.36. The molecule has 0 saturated carbocycles. The molecular weight excluding hydrogens is 419 g/mol. The van der Waals surface area contributed by atoms with Gasteiger partial charge in [0.25, 0.3) is 10.0 Å². The Morgan fingerprint density at radius 3 is 2.26 bits per heavy atom. The molecule has 4 nitrogen and oxygen atoms in total. The van der Waals surface area contributed by atoms with Crippen molar-refractivity contribution < 1.29 is 22.3 Å². The quantitative estimate of drug-likeness (QED) is 0.579. The fourth-order valence-corrected chi connectivity index (χ4v) is 4.23. The van der Waals surface area contributed by atoms with Gasteiger partial charge in [0.1, 0.15) is 16.5 Å². The molecule has 27 heavy (non-hydrogen) atoms. The van der Waals surface area contributed by atoms with Crippen LogP contribution in [-0.2, 0) is 10.0 Å². The van der Waals surface area contributed by atoms with Crippen molar-refractivity contribution in [1.29, 1.82) is 0 Å². The molecule has 0 heterocycles. The van der Waals surface area contributed by atoms with Gasteiger partial charge in [-0.15, -0.1) is 0 Å². The van der Waals surface area contributed by atoms with E-state index in [0.717, 1.165) is 18.2 Å². The number of hydrogen-bond donors (Lipinski definition) is 2. The van der Waals surface area contributed by atoms with E-state index in [-0.39, 0.29) is 15.6 Å². The highest BCUT2D eigenvalue weighted by Gasteiger charge is 2.24. The van der Waals surface area contributed by atoms with E-state index in [1.165, 1.54) is 0 Å². The van der Waals surface area contributed by atoms with E-state index in [2.05, 4.69) is 0 Å². The van der Waals surface area contributed by atoms with Crippen molar-refractivity contribution in [2.75, 3.05) is 4.72 Å². The molecule has 140 valence electrons. The van der Waals surface area contributed by atoms with E-state index in [1.54, 1.807) is 30.3 Å². The fourth-order valence-electron chi connectivity index (χ4n) is 2.41. The van der Waals surface area contributed by atoms with Gasteiger partial charge in [-0.25, -0.2) is 17.2 Å². The molecule has 0 aromatic heterocycles. The minimum atomic E-state index is -4.45. The normalized spacial score (nSPS) is 11.4. The van der Waals surface area contributed by atoms with E-state index in [9.17, 15) is 22.3 Å². The standard InChI is InChI=1S/C18H11Cl2F2NO3S/c19-11-6-13(20)18(24)17(7-11)27(25,26)23-16-8-12(14(21)9-15(16)22)10-4-2-1-3-5-10/h1-9,23-24H. The van der Waals surface area contributed by atoms with Crippen molar-refractivity contribution in [3.63, 3.8) is 0 Å². The summed E-state index contributed by atoms with van der Waals surface area (Å²) in [4.78, 5) is -0.634. The molecule has 3 aromatic rings. The van der Waals surface area contributed by atoms with Crippen molar-refractivity contribution in [3.05, 3.63) is 76.3 Å². The third kappa shape index (κ3) is 4.00. The lowest BCUT2D eigenvalue weighted by atomic mass is 10.0. The maximum absolute atomic E-state index is 14.2. The molecule has 9 heteroatoms. The van der Waals surface area contributed by atoms with Gasteiger partial charge < -0.3 is 5.11 Å². The first-order chi connectivity index (χ1) is 12.7. The van der Waals surface area contributed by atoms with Crippen molar-refractivity contribution in [2.24, 2.45) is 0 Å². The van der Waals surface area contributed by atoms with Crippen molar-refractivity contribution >= 4 is 38.9 Å². The molecule has 0 aliphatic heterocycles. The van der Waals surface area contributed by atoms with E-state index in [0.29, 0.717) is 11.6 Å². The summed E-state index contributed by atoms with van der Waals surface area (Å²) in [7, 11) is -4.45. The second-order valence-corrected chi connectivity index (χ2v) is 8.01. The van der Waals surface area contributed by atoms with Gasteiger partial charge in [-0.2, -0.15) is 0 Å². The first-order valence-electron chi connectivity index (χ1n) is 7.44. The number of rotatable bonds is 4. The van der Waals surface area contributed by atoms with Crippen molar-refractivity contribution in [3.8, 4) is 16.9 Å². The summed E-state index contributed by atoms with van der Waals surface area (Å²) >= 11 is 11.5. The van der Waals surface area contributed by atoms with Crippen LogP contribution < -0.4 is 4.72 Å². The largest absolute Gasteiger partial charge is 0.505 e. The molecule has 0 saturated heterocycles.